The van der Waals surface area contributed by atoms with Gasteiger partial charge in [0.1, 0.15) is 10.6 Å². The molecule has 0 aliphatic rings. The minimum atomic E-state index is -0.242. The average Bonchev–Trinajstić information content (AvgIpc) is 2.90. The first-order valence-corrected chi connectivity index (χ1v) is 8.85. The Morgan fingerprint density at radius 3 is 2.73 bits per heavy atom. The summed E-state index contributed by atoms with van der Waals surface area (Å²) in [6.45, 7) is 0.448. The van der Waals surface area contributed by atoms with Crippen LogP contribution in [-0.2, 0) is 6.54 Å². The number of aromatic hydroxyl groups is 1. The van der Waals surface area contributed by atoms with Crippen molar-refractivity contribution in [2.75, 3.05) is 6.26 Å². The number of carbonyl (C=O) groups is 1. The topological polar surface area (TPSA) is 49.3 Å². The SMILES string of the molecule is CSc1ccc2sc(C(=O)NCc3ccccc3)c(O)c2c1. The van der Waals surface area contributed by atoms with Gasteiger partial charge in [0, 0.05) is 21.5 Å². The van der Waals surface area contributed by atoms with Crippen molar-refractivity contribution in [1.29, 1.82) is 0 Å². The first-order valence-electron chi connectivity index (χ1n) is 6.80. The number of hydrogen-bond acceptors (Lipinski definition) is 4. The maximum Gasteiger partial charge on any atom is 0.265 e. The molecule has 5 heteroatoms. The fourth-order valence-electron chi connectivity index (χ4n) is 2.20. The number of amides is 1. The molecular formula is C17H15NO2S2. The van der Waals surface area contributed by atoms with Crippen LogP contribution < -0.4 is 5.32 Å². The van der Waals surface area contributed by atoms with Crippen LogP contribution in [0.25, 0.3) is 10.1 Å². The highest BCUT2D eigenvalue weighted by molar-refractivity contribution is 7.98. The van der Waals surface area contributed by atoms with E-state index in [2.05, 4.69) is 5.32 Å². The normalized spacial score (nSPS) is 10.8. The summed E-state index contributed by atoms with van der Waals surface area (Å²) >= 11 is 2.93. The van der Waals surface area contributed by atoms with Crippen LogP contribution in [0.2, 0.25) is 0 Å². The van der Waals surface area contributed by atoms with Gasteiger partial charge in [0.15, 0.2) is 0 Å². The first-order chi connectivity index (χ1) is 10.7. The average molecular weight is 329 g/mol. The Bertz CT molecular complexity index is 812. The van der Waals surface area contributed by atoms with Crippen LogP contribution in [-0.4, -0.2) is 17.3 Å². The minimum Gasteiger partial charge on any atom is -0.506 e. The fourth-order valence-corrected chi connectivity index (χ4v) is 3.64. The van der Waals surface area contributed by atoms with E-state index >= 15 is 0 Å². The van der Waals surface area contributed by atoms with Crippen molar-refractivity contribution in [2.24, 2.45) is 0 Å². The van der Waals surface area contributed by atoms with Gasteiger partial charge < -0.3 is 10.4 Å². The zero-order valence-corrected chi connectivity index (χ0v) is 13.6. The van der Waals surface area contributed by atoms with Crippen molar-refractivity contribution in [2.45, 2.75) is 11.4 Å². The van der Waals surface area contributed by atoms with Crippen LogP contribution in [0.3, 0.4) is 0 Å². The van der Waals surface area contributed by atoms with Gasteiger partial charge in [0.05, 0.1) is 0 Å². The van der Waals surface area contributed by atoms with Crippen molar-refractivity contribution < 1.29 is 9.90 Å². The molecule has 3 nitrogen and oxygen atoms in total. The Kier molecular flexibility index (Phi) is 4.36. The second-order valence-corrected chi connectivity index (χ2v) is 6.74. The molecule has 0 fully saturated rings. The molecule has 2 N–H and O–H groups in total. The van der Waals surface area contributed by atoms with Gasteiger partial charge in [-0.05, 0) is 30.0 Å². The van der Waals surface area contributed by atoms with Gasteiger partial charge in [-0.1, -0.05) is 30.3 Å². The minimum absolute atomic E-state index is 0.0708. The third-order valence-electron chi connectivity index (χ3n) is 3.37. The van der Waals surface area contributed by atoms with Crippen molar-refractivity contribution >= 4 is 39.1 Å². The number of fused-ring (bicyclic) bond motifs is 1. The van der Waals surface area contributed by atoms with E-state index in [1.807, 2.05) is 54.8 Å². The van der Waals surface area contributed by atoms with Gasteiger partial charge in [-0.15, -0.1) is 23.1 Å². The predicted octanol–water partition coefficient (Wildman–Crippen LogP) is 4.26. The maximum atomic E-state index is 12.3. The van der Waals surface area contributed by atoms with E-state index in [9.17, 15) is 9.90 Å². The highest BCUT2D eigenvalue weighted by Gasteiger charge is 2.18. The molecule has 2 aromatic carbocycles. The zero-order valence-electron chi connectivity index (χ0n) is 12.0. The Morgan fingerprint density at radius 1 is 1.23 bits per heavy atom. The molecule has 1 heterocycles. The molecule has 3 aromatic rings. The smallest absolute Gasteiger partial charge is 0.265 e. The fraction of sp³-hybridized carbons (Fsp3) is 0.118. The number of hydrogen-bond donors (Lipinski definition) is 2. The monoisotopic (exact) mass is 329 g/mol. The van der Waals surface area contributed by atoms with Crippen molar-refractivity contribution in [3.8, 4) is 5.75 Å². The van der Waals surface area contributed by atoms with E-state index in [4.69, 9.17) is 0 Å². The number of thioether (sulfide) groups is 1. The molecule has 0 aliphatic carbocycles. The molecule has 0 unspecified atom stereocenters. The number of rotatable bonds is 4. The van der Waals surface area contributed by atoms with Crippen LogP contribution in [0.5, 0.6) is 5.75 Å². The van der Waals surface area contributed by atoms with Crippen LogP contribution in [0.1, 0.15) is 15.2 Å². The highest BCUT2D eigenvalue weighted by Crippen LogP contribution is 2.38. The van der Waals surface area contributed by atoms with E-state index in [0.717, 1.165) is 20.5 Å². The van der Waals surface area contributed by atoms with E-state index in [1.54, 1.807) is 11.8 Å². The molecule has 0 atom stereocenters. The molecule has 112 valence electrons. The van der Waals surface area contributed by atoms with E-state index in [0.29, 0.717) is 11.4 Å². The predicted molar refractivity (Wildman–Crippen MR) is 92.9 cm³/mol. The van der Waals surface area contributed by atoms with Gasteiger partial charge in [-0.3, -0.25) is 4.79 Å². The number of nitrogens with one attached hydrogen (secondary N) is 1. The van der Waals surface area contributed by atoms with Crippen LogP contribution in [0.4, 0.5) is 0 Å². The van der Waals surface area contributed by atoms with Gasteiger partial charge >= 0.3 is 0 Å². The molecule has 1 amide bonds. The summed E-state index contributed by atoms with van der Waals surface area (Å²) in [4.78, 5) is 13.7. The Balaban J connectivity index is 1.83. The van der Waals surface area contributed by atoms with E-state index in [1.165, 1.54) is 11.3 Å². The lowest BCUT2D eigenvalue weighted by Gasteiger charge is -2.04. The summed E-state index contributed by atoms with van der Waals surface area (Å²) in [5.74, 6) is -0.172. The molecule has 0 saturated heterocycles. The Hall–Kier alpha value is -1.98. The van der Waals surface area contributed by atoms with Gasteiger partial charge in [-0.25, -0.2) is 0 Å². The molecule has 22 heavy (non-hydrogen) atoms. The molecule has 0 bridgehead atoms. The summed E-state index contributed by atoms with van der Waals surface area (Å²) in [5, 5.41) is 13.9. The first kappa shape index (κ1) is 14.9. The van der Waals surface area contributed by atoms with Crippen molar-refractivity contribution in [1.82, 2.24) is 5.32 Å². The van der Waals surface area contributed by atoms with Crippen molar-refractivity contribution in [3.63, 3.8) is 0 Å². The molecule has 0 spiro atoms. The second kappa shape index (κ2) is 6.42. The van der Waals surface area contributed by atoms with Crippen LogP contribution >= 0.6 is 23.1 Å². The molecule has 0 aliphatic heterocycles. The third-order valence-corrected chi connectivity index (χ3v) is 5.26. The van der Waals surface area contributed by atoms with E-state index in [-0.39, 0.29) is 11.7 Å². The standard InChI is InChI=1S/C17H15NO2S2/c1-21-12-7-8-14-13(9-12)15(19)16(22-14)17(20)18-10-11-5-3-2-4-6-11/h2-9,19H,10H2,1H3,(H,18,20). The van der Waals surface area contributed by atoms with Gasteiger partial charge in [0.2, 0.25) is 0 Å². The molecular weight excluding hydrogens is 314 g/mol. The molecule has 3 rings (SSSR count). The van der Waals surface area contributed by atoms with Gasteiger partial charge in [-0.2, -0.15) is 0 Å². The van der Waals surface area contributed by atoms with E-state index < -0.39 is 0 Å². The van der Waals surface area contributed by atoms with Crippen molar-refractivity contribution in [3.05, 3.63) is 59.0 Å². The quantitative estimate of drug-likeness (QED) is 0.703. The summed E-state index contributed by atoms with van der Waals surface area (Å²) in [7, 11) is 0. The summed E-state index contributed by atoms with van der Waals surface area (Å²) in [6.07, 6.45) is 1.98. The maximum absolute atomic E-state index is 12.3. The molecule has 0 radical (unpaired) electrons. The zero-order chi connectivity index (χ0) is 15.5. The highest BCUT2D eigenvalue weighted by atomic mass is 32.2. The van der Waals surface area contributed by atoms with Crippen LogP contribution in [0.15, 0.2) is 53.4 Å². The number of thiophene rings is 1. The number of carbonyl (C=O) groups excluding carboxylic acids is 1. The van der Waals surface area contributed by atoms with Crippen LogP contribution in [0, 0.1) is 0 Å². The molecule has 0 saturated carbocycles. The summed E-state index contributed by atoms with van der Waals surface area (Å²) in [6, 6.07) is 15.6. The second-order valence-electron chi connectivity index (χ2n) is 4.81. The number of benzene rings is 2. The lowest BCUT2D eigenvalue weighted by Crippen LogP contribution is -2.21. The molecule has 1 aromatic heterocycles. The largest absolute Gasteiger partial charge is 0.506 e. The third kappa shape index (κ3) is 2.96. The van der Waals surface area contributed by atoms with Gasteiger partial charge in [0.25, 0.3) is 5.91 Å². The lowest BCUT2D eigenvalue weighted by atomic mass is 10.2. The Morgan fingerprint density at radius 2 is 2.00 bits per heavy atom. The summed E-state index contributed by atoms with van der Waals surface area (Å²) < 4.78 is 0.917. The summed E-state index contributed by atoms with van der Waals surface area (Å²) in [5.41, 5.74) is 1.03. The lowest BCUT2D eigenvalue weighted by molar-refractivity contribution is 0.0953. The Labute approximate surface area is 137 Å².